The van der Waals surface area contributed by atoms with Crippen LogP contribution in [-0.4, -0.2) is 31.9 Å². The van der Waals surface area contributed by atoms with E-state index in [0.717, 1.165) is 5.56 Å². The van der Waals surface area contributed by atoms with E-state index in [4.69, 9.17) is 5.73 Å². The number of sulfonamides is 1. The predicted octanol–water partition coefficient (Wildman–Crippen LogP) is 2.51. The van der Waals surface area contributed by atoms with E-state index >= 15 is 0 Å². The largest absolute Gasteiger partial charge is 0.327 e. The standard InChI is InChI=1S/C14H21BrN2O2S/c1-10-5-4-6-11(13(10)15)20(18,19)17-8-7-12(16)14(2,3)9-17/h4-6,12H,7-9,16H2,1-3H3. The number of piperidine rings is 1. The van der Waals surface area contributed by atoms with E-state index in [9.17, 15) is 8.42 Å². The van der Waals surface area contributed by atoms with E-state index < -0.39 is 10.0 Å². The van der Waals surface area contributed by atoms with Gasteiger partial charge in [-0.3, -0.25) is 0 Å². The first-order valence-electron chi connectivity index (χ1n) is 6.67. The molecule has 112 valence electrons. The molecule has 2 N–H and O–H groups in total. The molecule has 20 heavy (non-hydrogen) atoms. The molecular weight excluding hydrogens is 340 g/mol. The van der Waals surface area contributed by atoms with Gasteiger partial charge in [-0.2, -0.15) is 4.31 Å². The Hall–Kier alpha value is -0.430. The van der Waals surface area contributed by atoms with Gasteiger partial charge in [0.25, 0.3) is 0 Å². The highest BCUT2D eigenvalue weighted by atomic mass is 79.9. The van der Waals surface area contributed by atoms with Crippen molar-refractivity contribution in [3.05, 3.63) is 28.2 Å². The van der Waals surface area contributed by atoms with Crippen molar-refractivity contribution in [1.82, 2.24) is 4.31 Å². The van der Waals surface area contributed by atoms with Gasteiger partial charge >= 0.3 is 0 Å². The van der Waals surface area contributed by atoms with Crippen molar-refractivity contribution in [2.45, 2.75) is 38.1 Å². The lowest BCUT2D eigenvalue weighted by Gasteiger charge is -2.41. The highest BCUT2D eigenvalue weighted by Crippen LogP contribution is 2.34. The van der Waals surface area contributed by atoms with Gasteiger partial charge in [0.1, 0.15) is 0 Å². The van der Waals surface area contributed by atoms with Crippen LogP contribution in [0.3, 0.4) is 0 Å². The van der Waals surface area contributed by atoms with Crippen LogP contribution in [0.1, 0.15) is 25.8 Å². The molecule has 0 bridgehead atoms. The number of halogens is 1. The summed E-state index contributed by atoms with van der Waals surface area (Å²) in [5.41, 5.74) is 6.79. The molecule has 1 unspecified atom stereocenters. The summed E-state index contributed by atoms with van der Waals surface area (Å²) < 4.78 is 27.8. The third-order valence-corrected chi connectivity index (χ3v) is 7.25. The Labute approximate surface area is 129 Å². The fourth-order valence-electron chi connectivity index (χ4n) is 2.49. The van der Waals surface area contributed by atoms with Crippen LogP contribution in [0.2, 0.25) is 0 Å². The Balaban J connectivity index is 2.39. The van der Waals surface area contributed by atoms with Gasteiger partial charge in [-0.25, -0.2) is 8.42 Å². The second kappa shape index (κ2) is 5.40. The first-order chi connectivity index (χ1) is 9.16. The minimum Gasteiger partial charge on any atom is -0.327 e. The number of rotatable bonds is 2. The van der Waals surface area contributed by atoms with E-state index in [1.807, 2.05) is 26.8 Å². The number of nitrogens with zero attached hydrogens (tertiary/aromatic N) is 1. The summed E-state index contributed by atoms with van der Waals surface area (Å²) in [4.78, 5) is 0.337. The SMILES string of the molecule is Cc1cccc(S(=O)(=O)N2CCC(N)C(C)(C)C2)c1Br. The predicted molar refractivity (Wildman–Crippen MR) is 84.0 cm³/mol. The average molecular weight is 361 g/mol. The number of aryl methyl sites for hydroxylation is 1. The fourth-order valence-corrected chi connectivity index (χ4v) is 5.13. The smallest absolute Gasteiger partial charge is 0.244 e. The maximum absolute atomic E-state index is 12.8. The number of hydrogen-bond donors (Lipinski definition) is 1. The fraction of sp³-hybridized carbons (Fsp3) is 0.571. The lowest BCUT2D eigenvalue weighted by molar-refractivity contribution is 0.155. The Bertz CT molecular complexity index is 614. The van der Waals surface area contributed by atoms with Gasteiger partial charge < -0.3 is 5.73 Å². The van der Waals surface area contributed by atoms with E-state index in [1.54, 1.807) is 16.4 Å². The van der Waals surface area contributed by atoms with Crippen molar-refractivity contribution in [2.75, 3.05) is 13.1 Å². The van der Waals surface area contributed by atoms with Crippen LogP contribution in [0.5, 0.6) is 0 Å². The molecule has 0 aliphatic carbocycles. The van der Waals surface area contributed by atoms with Crippen LogP contribution in [0.25, 0.3) is 0 Å². The molecule has 1 aliphatic heterocycles. The molecule has 0 aromatic heterocycles. The zero-order valence-corrected chi connectivity index (χ0v) is 14.5. The van der Waals surface area contributed by atoms with Crippen molar-refractivity contribution >= 4 is 26.0 Å². The molecular formula is C14H21BrN2O2S. The minimum atomic E-state index is -3.48. The Kier molecular flexibility index (Phi) is 4.31. The van der Waals surface area contributed by atoms with Crippen molar-refractivity contribution in [3.63, 3.8) is 0 Å². The molecule has 4 nitrogen and oxygen atoms in total. The molecule has 1 aromatic carbocycles. The highest BCUT2D eigenvalue weighted by Gasteiger charge is 2.39. The number of benzene rings is 1. The average Bonchev–Trinajstić information content (AvgIpc) is 2.35. The molecule has 0 radical (unpaired) electrons. The molecule has 6 heteroatoms. The molecule has 1 aromatic rings. The summed E-state index contributed by atoms with van der Waals surface area (Å²) in [6.07, 6.45) is 0.690. The third-order valence-electron chi connectivity index (χ3n) is 4.05. The molecule has 1 aliphatic rings. The van der Waals surface area contributed by atoms with Crippen molar-refractivity contribution in [3.8, 4) is 0 Å². The van der Waals surface area contributed by atoms with Gasteiger partial charge in [-0.05, 0) is 46.3 Å². The summed E-state index contributed by atoms with van der Waals surface area (Å²) in [5, 5.41) is 0. The second-order valence-electron chi connectivity index (χ2n) is 6.11. The number of hydrogen-bond acceptors (Lipinski definition) is 3. The monoisotopic (exact) mass is 360 g/mol. The molecule has 1 saturated heterocycles. The van der Waals surface area contributed by atoms with Crippen LogP contribution < -0.4 is 5.73 Å². The van der Waals surface area contributed by atoms with Gasteiger partial charge in [0.05, 0.1) is 4.90 Å². The van der Waals surface area contributed by atoms with Crippen molar-refractivity contribution in [1.29, 1.82) is 0 Å². The van der Waals surface area contributed by atoms with Gasteiger partial charge in [-0.15, -0.1) is 0 Å². The normalized spacial score (nSPS) is 23.8. The molecule has 1 heterocycles. The Morgan fingerprint density at radius 3 is 2.65 bits per heavy atom. The molecule has 0 saturated carbocycles. The summed E-state index contributed by atoms with van der Waals surface area (Å²) in [6.45, 7) is 6.86. The maximum atomic E-state index is 12.8. The first kappa shape index (κ1) is 15.9. The molecule has 0 amide bonds. The summed E-state index contributed by atoms with van der Waals surface area (Å²) in [5.74, 6) is 0. The Morgan fingerprint density at radius 2 is 2.05 bits per heavy atom. The lowest BCUT2D eigenvalue weighted by Crippen LogP contribution is -2.53. The molecule has 2 rings (SSSR count). The lowest BCUT2D eigenvalue weighted by atomic mass is 9.81. The summed E-state index contributed by atoms with van der Waals surface area (Å²) in [7, 11) is -3.48. The highest BCUT2D eigenvalue weighted by molar-refractivity contribution is 9.10. The van der Waals surface area contributed by atoms with Crippen LogP contribution in [0, 0.1) is 12.3 Å². The zero-order chi connectivity index (χ0) is 15.1. The van der Waals surface area contributed by atoms with Crippen LogP contribution in [-0.2, 0) is 10.0 Å². The van der Waals surface area contributed by atoms with Crippen LogP contribution >= 0.6 is 15.9 Å². The van der Waals surface area contributed by atoms with Crippen LogP contribution in [0.4, 0.5) is 0 Å². The molecule has 1 fully saturated rings. The molecule has 0 spiro atoms. The minimum absolute atomic E-state index is 0.0369. The van der Waals surface area contributed by atoms with Gasteiger partial charge in [0.2, 0.25) is 10.0 Å². The van der Waals surface area contributed by atoms with E-state index in [1.165, 1.54) is 0 Å². The van der Waals surface area contributed by atoms with Crippen molar-refractivity contribution in [2.24, 2.45) is 11.1 Å². The van der Waals surface area contributed by atoms with Gasteiger partial charge in [0.15, 0.2) is 0 Å². The summed E-state index contributed by atoms with van der Waals surface area (Å²) >= 11 is 3.39. The number of nitrogens with two attached hydrogens (primary N) is 1. The summed E-state index contributed by atoms with van der Waals surface area (Å²) in [6, 6.07) is 5.34. The topological polar surface area (TPSA) is 63.4 Å². The zero-order valence-electron chi connectivity index (χ0n) is 12.1. The first-order valence-corrected chi connectivity index (χ1v) is 8.90. The van der Waals surface area contributed by atoms with E-state index in [-0.39, 0.29) is 11.5 Å². The maximum Gasteiger partial charge on any atom is 0.244 e. The van der Waals surface area contributed by atoms with Gasteiger partial charge in [-0.1, -0.05) is 26.0 Å². The van der Waals surface area contributed by atoms with Crippen molar-refractivity contribution < 1.29 is 8.42 Å². The Morgan fingerprint density at radius 1 is 1.40 bits per heavy atom. The van der Waals surface area contributed by atoms with E-state index in [0.29, 0.717) is 28.9 Å². The van der Waals surface area contributed by atoms with Crippen LogP contribution in [0.15, 0.2) is 27.6 Å². The van der Waals surface area contributed by atoms with E-state index in [2.05, 4.69) is 15.9 Å². The third kappa shape index (κ3) is 2.79. The quantitative estimate of drug-likeness (QED) is 0.880. The second-order valence-corrected chi connectivity index (χ2v) is 8.81. The molecule has 1 atom stereocenters. The van der Waals surface area contributed by atoms with Gasteiger partial charge in [0, 0.05) is 23.6 Å².